The van der Waals surface area contributed by atoms with Gasteiger partial charge in [-0.2, -0.15) is 0 Å². The van der Waals surface area contributed by atoms with Gasteiger partial charge < -0.3 is 9.64 Å². The summed E-state index contributed by atoms with van der Waals surface area (Å²) in [4.78, 5) is 14.5. The van der Waals surface area contributed by atoms with Crippen LogP contribution >= 0.6 is 15.9 Å². The molecule has 0 bridgehead atoms. The molecular weight excluding hydrogens is 330 g/mol. The number of ether oxygens (including phenoxy) is 1. The van der Waals surface area contributed by atoms with Crippen molar-refractivity contribution in [3.63, 3.8) is 0 Å². The normalized spacial score (nSPS) is 16.4. The summed E-state index contributed by atoms with van der Waals surface area (Å²) < 4.78 is 6.41. The van der Waals surface area contributed by atoms with E-state index in [9.17, 15) is 4.79 Å². The summed E-state index contributed by atoms with van der Waals surface area (Å²) in [7, 11) is 1.74. The molecule has 2 aromatic carbocycles. The topological polar surface area (TPSA) is 29.5 Å². The first-order valence-corrected chi connectivity index (χ1v) is 7.98. The average Bonchev–Trinajstić information content (AvgIpc) is 2.54. The summed E-state index contributed by atoms with van der Waals surface area (Å²) in [5, 5.41) is 2.22. The molecule has 1 heterocycles. The van der Waals surface area contributed by atoms with Gasteiger partial charge in [0.15, 0.2) is 0 Å². The number of likely N-dealkylation sites (tertiary alicyclic amines) is 1. The van der Waals surface area contributed by atoms with Crippen LogP contribution in [0.2, 0.25) is 0 Å². The summed E-state index contributed by atoms with van der Waals surface area (Å²) in [5.74, 6) is 0.117. The molecule has 0 saturated carbocycles. The van der Waals surface area contributed by atoms with Gasteiger partial charge in [0.2, 0.25) is 0 Å². The summed E-state index contributed by atoms with van der Waals surface area (Å²) >= 11 is 3.54. The van der Waals surface area contributed by atoms with E-state index in [1.54, 1.807) is 7.11 Å². The Morgan fingerprint density at radius 2 is 2.00 bits per heavy atom. The van der Waals surface area contributed by atoms with Crippen LogP contribution in [0, 0.1) is 0 Å². The van der Waals surface area contributed by atoms with E-state index in [2.05, 4.69) is 15.9 Å². The van der Waals surface area contributed by atoms with Gasteiger partial charge in [-0.3, -0.25) is 4.79 Å². The fourth-order valence-corrected chi connectivity index (χ4v) is 3.37. The Balaban J connectivity index is 1.82. The van der Waals surface area contributed by atoms with Crippen LogP contribution in [0.5, 0.6) is 0 Å². The molecule has 4 heteroatoms. The Labute approximate surface area is 133 Å². The Bertz CT molecular complexity index is 663. The van der Waals surface area contributed by atoms with Crippen LogP contribution in [0.15, 0.2) is 40.9 Å². The molecule has 2 aromatic rings. The molecule has 0 spiro atoms. The summed E-state index contributed by atoms with van der Waals surface area (Å²) in [6.07, 6.45) is 2.13. The highest BCUT2D eigenvalue weighted by Crippen LogP contribution is 2.25. The maximum absolute atomic E-state index is 12.6. The van der Waals surface area contributed by atoms with Crippen molar-refractivity contribution in [2.75, 3.05) is 20.2 Å². The lowest BCUT2D eigenvalue weighted by Gasteiger charge is -2.31. The van der Waals surface area contributed by atoms with Crippen molar-refractivity contribution in [2.24, 2.45) is 0 Å². The molecule has 1 amide bonds. The van der Waals surface area contributed by atoms with Crippen LogP contribution in [-0.2, 0) is 4.74 Å². The minimum atomic E-state index is 0.117. The van der Waals surface area contributed by atoms with E-state index < -0.39 is 0 Å². The second-order valence-corrected chi connectivity index (χ2v) is 6.26. The van der Waals surface area contributed by atoms with Gasteiger partial charge in [0.05, 0.1) is 6.10 Å². The molecule has 0 atom stereocenters. The number of carbonyl (C=O) groups is 1. The van der Waals surface area contributed by atoms with Crippen LogP contribution in [-0.4, -0.2) is 37.1 Å². The Kier molecular flexibility index (Phi) is 4.27. The van der Waals surface area contributed by atoms with Crippen LogP contribution in [0.25, 0.3) is 10.8 Å². The maximum atomic E-state index is 12.6. The molecule has 3 rings (SSSR count). The highest BCUT2D eigenvalue weighted by atomic mass is 79.9. The third-order valence-corrected chi connectivity index (χ3v) is 4.83. The number of halogens is 1. The van der Waals surface area contributed by atoms with Gasteiger partial charge in [0.1, 0.15) is 0 Å². The summed E-state index contributed by atoms with van der Waals surface area (Å²) in [6.45, 7) is 1.54. The number of fused-ring (bicyclic) bond motifs is 1. The molecule has 21 heavy (non-hydrogen) atoms. The Hall–Kier alpha value is -1.39. The molecule has 110 valence electrons. The molecule has 0 N–H and O–H groups in total. The summed E-state index contributed by atoms with van der Waals surface area (Å²) in [6, 6.07) is 11.9. The van der Waals surface area contributed by atoms with Gasteiger partial charge in [-0.1, -0.05) is 34.1 Å². The number of hydrogen-bond donors (Lipinski definition) is 0. The number of carbonyl (C=O) groups excluding carboxylic acids is 1. The quantitative estimate of drug-likeness (QED) is 0.825. The molecule has 1 aliphatic rings. The standard InChI is InChI=1S/C17H18BrNO2/c1-21-14-7-9-19(10-8-14)17(20)13-5-6-15-12(11-13)3-2-4-16(15)18/h2-6,11,14H,7-10H2,1H3. The molecule has 0 aliphatic carbocycles. The zero-order valence-electron chi connectivity index (χ0n) is 12.0. The van der Waals surface area contributed by atoms with E-state index in [0.29, 0.717) is 6.10 Å². The predicted octanol–water partition coefficient (Wildman–Crippen LogP) is 3.85. The number of hydrogen-bond acceptors (Lipinski definition) is 2. The number of benzene rings is 2. The Morgan fingerprint density at radius 3 is 2.71 bits per heavy atom. The molecule has 1 saturated heterocycles. The third kappa shape index (κ3) is 2.97. The number of nitrogens with zero attached hydrogens (tertiary/aromatic N) is 1. The largest absolute Gasteiger partial charge is 0.381 e. The maximum Gasteiger partial charge on any atom is 0.253 e. The second-order valence-electron chi connectivity index (χ2n) is 5.40. The van der Waals surface area contributed by atoms with Crippen molar-refractivity contribution < 1.29 is 9.53 Å². The zero-order chi connectivity index (χ0) is 14.8. The van der Waals surface area contributed by atoms with Gasteiger partial charge in [-0.15, -0.1) is 0 Å². The molecule has 0 aromatic heterocycles. The first kappa shape index (κ1) is 14.5. The summed E-state index contributed by atoms with van der Waals surface area (Å²) in [5.41, 5.74) is 0.761. The lowest BCUT2D eigenvalue weighted by molar-refractivity contribution is 0.0351. The minimum absolute atomic E-state index is 0.117. The highest BCUT2D eigenvalue weighted by molar-refractivity contribution is 9.10. The fraction of sp³-hybridized carbons (Fsp3) is 0.353. The van der Waals surface area contributed by atoms with Gasteiger partial charge >= 0.3 is 0 Å². The van der Waals surface area contributed by atoms with Gasteiger partial charge in [-0.25, -0.2) is 0 Å². The molecule has 3 nitrogen and oxygen atoms in total. The fourth-order valence-electron chi connectivity index (χ4n) is 2.85. The van der Waals surface area contributed by atoms with Crippen molar-refractivity contribution in [1.29, 1.82) is 0 Å². The van der Waals surface area contributed by atoms with E-state index in [1.807, 2.05) is 41.3 Å². The highest BCUT2D eigenvalue weighted by Gasteiger charge is 2.23. The number of methoxy groups -OCH3 is 1. The van der Waals surface area contributed by atoms with E-state index >= 15 is 0 Å². The first-order valence-electron chi connectivity index (χ1n) is 7.19. The zero-order valence-corrected chi connectivity index (χ0v) is 13.6. The first-order chi connectivity index (χ1) is 10.2. The minimum Gasteiger partial charge on any atom is -0.381 e. The van der Waals surface area contributed by atoms with Crippen molar-refractivity contribution in [1.82, 2.24) is 4.90 Å². The molecule has 0 unspecified atom stereocenters. The SMILES string of the molecule is COC1CCN(C(=O)c2ccc3c(Br)cccc3c2)CC1. The van der Waals surface area contributed by atoms with Crippen molar-refractivity contribution in [3.05, 3.63) is 46.4 Å². The Morgan fingerprint density at radius 1 is 1.24 bits per heavy atom. The molecular formula is C17H18BrNO2. The lowest BCUT2D eigenvalue weighted by atomic mass is 10.0. The van der Waals surface area contributed by atoms with Crippen molar-refractivity contribution in [3.8, 4) is 0 Å². The smallest absolute Gasteiger partial charge is 0.253 e. The predicted molar refractivity (Wildman–Crippen MR) is 87.6 cm³/mol. The van der Waals surface area contributed by atoms with Crippen LogP contribution in [0.1, 0.15) is 23.2 Å². The van der Waals surface area contributed by atoms with Crippen LogP contribution in [0.4, 0.5) is 0 Å². The van der Waals surface area contributed by atoms with Gasteiger partial charge in [0, 0.05) is 30.2 Å². The monoisotopic (exact) mass is 347 g/mol. The van der Waals surface area contributed by atoms with E-state index in [-0.39, 0.29) is 5.91 Å². The molecule has 0 radical (unpaired) electrons. The van der Waals surface area contributed by atoms with E-state index in [0.717, 1.165) is 46.7 Å². The number of piperidine rings is 1. The second kappa shape index (κ2) is 6.16. The van der Waals surface area contributed by atoms with Crippen LogP contribution < -0.4 is 0 Å². The number of amides is 1. The van der Waals surface area contributed by atoms with Gasteiger partial charge in [-0.05, 0) is 41.8 Å². The number of rotatable bonds is 2. The van der Waals surface area contributed by atoms with Gasteiger partial charge in [0.25, 0.3) is 5.91 Å². The average molecular weight is 348 g/mol. The van der Waals surface area contributed by atoms with E-state index in [4.69, 9.17) is 4.74 Å². The van der Waals surface area contributed by atoms with Crippen molar-refractivity contribution >= 4 is 32.6 Å². The van der Waals surface area contributed by atoms with Crippen molar-refractivity contribution in [2.45, 2.75) is 18.9 Å². The van der Waals surface area contributed by atoms with Crippen LogP contribution in [0.3, 0.4) is 0 Å². The third-order valence-electron chi connectivity index (χ3n) is 4.14. The lowest BCUT2D eigenvalue weighted by Crippen LogP contribution is -2.40. The molecule has 1 aliphatic heterocycles. The van der Waals surface area contributed by atoms with E-state index in [1.165, 1.54) is 0 Å². The molecule has 1 fully saturated rings.